The van der Waals surface area contributed by atoms with E-state index in [-0.39, 0.29) is 5.75 Å². The number of aromatic amines is 1. The molecule has 0 aliphatic carbocycles. The van der Waals surface area contributed by atoms with E-state index in [9.17, 15) is 36.7 Å². The molecule has 2 unspecified atom stereocenters. The van der Waals surface area contributed by atoms with Gasteiger partial charge in [0.05, 0.1) is 22.2 Å². The number of imide groups is 1. The summed E-state index contributed by atoms with van der Waals surface area (Å²) in [5, 5.41) is 1.77. The zero-order valence-electron chi connectivity index (χ0n) is 21.7. The summed E-state index contributed by atoms with van der Waals surface area (Å²) in [6, 6.07) is 15.9. The highest BCUT2D eigenvalue weighted by molar-refractivity contribution is 8.00. The molecule has 2 N–H and O–H groups in total. The molecule has 1 saturated heterocycles. The van der Waals surface area contributed by atoms with Gasteiger partial charge in [0.25, 0.3) is 5.91 Å². The van der Waals surface area contributed by atoms with Crippen LogP contribution in [0.5, 0.6) is 5.75 Å². The molecule has 1 fully saturated rings. The maximum atomic E-state index is 13.9. The number of nitrogens with zero attached hydrogens (tertiary/aromatic N) is 1. The van der Waals surface area contributed by atoms with Crippen LogP contribution < -0.4 is 19.8 Å². The van der Waals surface area contributed by atoms with Gasteiger partial charge in [0.1, 0.15) is 16.8 Å². The van der Waals surface area contributed by atoms with Crippen molar-refractivity contribution in [1.29, 1.82) is 0 Å². The number of hydrogen-bond donors (Lipinski definition) is 2. The highest BCUT2D eigenvalue weighted by atomic mass is 32.2. The topological polar surface area (TPSA) is 109 Å². The SMILES string of the molecule is O=C(COc1ccccc1[C@H]1c2sc(=O)[nH]c2SC2C(=O)N(c3ccccc3C(F)(F)F)C(=O)C21)Nc1ccc(F)cc1. The van der Waals surface area contributed by atoms with Crippen LogP contribution in [-0.4, -0.2) is 34.6 Å². The van der Waals surface area contributed by atoms with E-state index in [0.29, 0.717) is 26.1 Å². The highest BCUT2D eigenvalue weighted by Gasteiger charge is 2.57. The summed E-state index contributed by atoms with van der Waals surface area (Å²) in [7, 11) is 0. The van der Waals surface area contributed by atoms with Crippen LogP contribution in [0.1, 0.15) is 21.9 Å². The number of hydrogen-bond acceptors (Lipinski definition) is 7. The summed E-state index contributed by atoms with van der Waals surface area (Å²) in [5.74, 6) is -4.66. The van der Waals surface area contributed by atoms with Crippen LogP contribution in [0, 0.1) is 11.7 Å². The lowest BCUT2D eigenvalue weighted by atomic mass is 9.82. The minimum Gasteiger partial charge on any atom is -0.483 e. The number of ether oxygens (including phenoxy) is 1. The number of amides is 3. The summed E-state index contributed by atoms with van der Waals surface area (Å²) >= 11 is 1.75. The fourth-order valence-corrected chi connectivity index (χ4v) is 7.75. The van der Waals surface area contributed by atoms with Gasteiger partial charge in [-0.3, -0.25) is 19.2 Å². The van der Waals surface area contributed by atoms with Crippen LogP contribution in [-0.2, 0) is 20.6 Å². The number of rotatable bonds is 6. The van der Waals surface area contributed by atoms with E-state index < -0.39 is 69.5 Å². The number of alkyl halides is 3. The van der Waals surface area contributed by atoms with E-state index in [1.807, 2.05) is 0 Å². The first kappa shape index (κ1) is 28.7. The van der Waals surface area contributed by atoms with Gasteiger partial charge in [-0.15, -0.1) is 0 Å². The second-order valence-electron chi connectivity index (χ2n) is 9.66. The fraction of sp³-hybridized carbons (Fsp3) is 0.172. The summed E-state index contributed by atoms with van der Waals surface area (Å²) in [5.41, 5.74) is -0.990. The quantitative estimate of drug-likeness (QED) is 0.218. The van der Waals surface area contributed by atoms with Gasteiger partial charge in [-0.05, 0) is 42.5 Å². The van der Waals surface area contributed by atoms with Gasteiger partial charge in [0, 0.05) is 22.0 Å². The first-order valence-corrected chi connectivity index (χ1v) is 14.4. The van der Waals surface area contributed by atoms with Crippen molar-refractivity contribution in [3.05, 3.63) is 104 Å². The molecule has 2 aliphatic heterocycles. The number of nitrogens with one attached hydrogen (secondary N) is 2. The number of para-hydroxylation sites is 2. The Labute approximate surface area is 248 Å². The Morgan fingerprint density at radius 2 is 1.65 bits per heavy atom. The molecule has 6 rings (SSSR count). The third-order valence-corrected chi connectivity index (χ3v) is 9.42. The van der Waals surface area contributed by atoms with Crippen molar-refractivity contribution in [3.63, 3.8) is 0 Å². The maximum absolute atomic E-state index is 13.9. The van der Waals surface area contributed by atoms with E-state index in [4.69, 9.17) is 4.74 Å². The molecule has 0 radical (unpaired) electrons. The first-order chi connectivity index (χ1) is 20.5. The number of fused-ring (bicyclic) bond motifs is 2. The number of thiazole rings is 1. The lowest BCUT2D eigenvalue weighted by molar-refractivity contribution is -0.137. The molecule has 2 aliphatic rings. The third kappa shape index (κ3) is 5.31. The Morgan fingerprint density at radius 1 is 0.953 bits per heavy atom. The number of carbonyl (C=O) groups is 3. The first-order valence-electron chi connectivity index (χ1n) is 12.7. The van der Waals surface area contributed by atoms with E-state index >= 15 is 0 Å². The molecule has 0 saturated carbocycles. The Balaban J connectivity index is 1.36. The Bertz CT molecular complexity index is 1800. The summed E-state index contributed by atoms with van der Waals surface area (Å²) in [6.07, 6.45) is -4.82. The van der Waals surface area contributed by atoms with E-state index in [1.54, 1.807) is 24.3 Å². The third-order valence-electron chi connectivity index (χ3n) is 7.02. The molecule has 3 aromatic carbocycles. The average molecular weight is 630 g/mol. The van der Waals surface area contributed by atoms with Gasteiger partial charge in [0.15, 0.2) is 6.61 Å². The second kappa shape index (κ2) is 11.0. The van der Waals surface area contributed by atoms with Crippen molar-refractivity contribution in [2.75, 3.05) is 16.8 Å². The standard InChI is InChI=1S/C29H19F4N3O5S2/c30-14-9-11-15(12-10-14)34-20(37)13-41-19-8-4-1-5-16(19)21-22-24(42-25-23(21)43-28(40)35-25)27(39)36(26(22)38)18-7-3-2-6-17(18)29(31,32)33/h1-12,21-22,24H,13H2,(H,34,37)(H,35,40)/t21-,22?,24?/m1/s1. The molecular weight excluding hydrogens is 610 g/mol. The van der Waals surface area contributed by atoms with E-state index in [0.717, 1.165) is 35.2 Å². The second-order valence-corrected chi connectivity index (χ2v) is 11.8. The van der Waals surface area contributed by atoms with Crippen molar-refractivity contribution in [2.45, 2.75) is 22.4 Å². The number of thioether (sulfide) groups is 1. The molecule has 0 bridgehead atoms. The molecule has 8 nitrogen and oxygen atoms in total. The van der Waals surface area contributed by atoms with Crippen molar-refractivity contribution < 1.29 is 36.7 Å². The molecule has 3 heterocycles. The van der Waals surface area contributed by atoms with Gasteiger partial charge in [0.2, 0.25) is 11.8 Å². The van der Waals surface area contributed by atoms with Crippen molar-refractivity contribution >= 4 is 52.2 Å². The van der Waals surface area contributed by atoms with Gasteiger partial charge in [-0.1, -0.05) is 53.4 Å². The largest absolute Gasteiger partial charge is 0.483 e. The minimum absolute atomic E-state index is 0.175. The smallest absolute Gasteiger partial charge is 0.418 e. The summed E-state index contributed by atoms with van der Waals surface area (Å²) < 4.78 is 60.7. The molecule has 3 amide bonds. The van der Waals surface area contributed by atoms with Crippen molar-refractivity contribution in [1.82, 2.24) is 4.98 Å². The maximum Gasteiger partial charge on any atom is 0.418 e. The Morgan fingerprint density at radius 3 is 2.40 bits per heavy atom. The average Bonchev–Trinajstić information content (AvgIpc) is 3.47. The zero-order chi connectivity index (χ0) is 30.5. The zero-order valence-corrected chi connectivity index (χ0v) is 23.3. The molecule has 0 spiro atoms. The molecule has 220 valence electrons. The Kier molecular flexibility index (Phi) is 7.34. The normalized spacial score (nSPS) is 19.6. The number of H-pyrrole nitrogens is 1. The summed E-state index contributed by atoms with van der Waals surface area (Å²) in [6.45, 7) is -0.474. The van der Waals surface area contributed by atoms with Crippen LogP contribution >= 0.6 is 23.1 Å². The lowest BCUT2D eigenvalue weighted by Crippen LogP contribution is -2.33. The van der Waals surface area contributed by atoms with Crippen LogP contribution in [0.25, 0.3) is 0 Å². The Hall–Kier alpha value is -4.43. The number of aromatic nitrogens is 1. The molecule has 14 heteroatoms. The predicted molar refractivity (Wildman–Crippen MR) is 151 cm³/mol. The fourth-order valence-electron chi connectivity index (χ4n) is 5.24. The minimum atomic E-state index is -4.82. The molecule has 3 atom stereocenters. The number of carbonyl (C=O) groups excluding carboxylic acids is 3. The summed E-state index contributed by atoms with van der Waals surface area (Å²) in [4.78, 5) is 55.8. The van der Waals surface area contributed by atoms with Gasteiger partial charge in [-0.25, -0.2) is 9.29 Å². The van der Waals surface area contributed by atoms with E-state index in [1.165, 1.54) is 36.4 Å². The highest BCUT2D eigenvalue weighted by Crippen LogP contribution is 2.55. The molecule has 43 heavy (non-hydrogen) atoms. The van der Waals surface area contributed by atoms with Crippen LogP contribution in [0.15, 0.2) is 82.6 Å². The molecule has 4 aromatic rings. The van der Waals surface area contributed by atoms with Gasteiger partial charge < -0.3 is 15.0 Å². The number of halogens is 4. The van der Waals surface area contributed by atoms with Crippen LogP contribution in [0.3, 0.4) is 0 Å². The molecular formula is C29H19F4N3O5S2. The van der Waals surface area contributed by atoms with Gasteiger partial charge >= 0.3 is 11.0 Å². The van der Waals surface area contributed by atoms with Crippen molar-refractivity contribution in [2.24, 2.45) is 5.92 Å². The van der Waals surface area contributed by atoms with E-state index in [2.05, 4.69) is 10.3 Å². The predicted octanol–water partition coefficient (Wildman–Crippen LogP) is 5.41. The number of benzene rings is 3. The lowest BCUT2D eigenvalue weighted by Gasteiger charge is -2.30. The van der Waals surface area contributed by atoms with Crippen LogP contribution in [0.2, 0.25) is 0 Å². The molecule has 1 aromatic heterocycles. The monoisotopic (exact) mass is 629 g/mol. The van der Waals surface area contributed by atoms with Crippen molar-refractivity contribution in [3.8, 4) is 5.75 Å². The van der Waals surface area contributed by atoms with Gasteiger partial charge in [-0.2, -0.15) is 13.2 Å². The number of anilines is 2. The van der Waals surface area contributed by atoms with Crippen LogP contribution in [0.4, 0.5) is 28.9 Å².